The smallest absolute Gasteiger partial charge is 0.338 e. The van der Waals surface area contributed by atoms with E-state index in [0.29, 0.717) is 12.2 Å². The zero-order chi connectivity index (χ0) is 8.97. The van der Waals surface area contributed by atoms with Crippen molar-refractivity contribution in [2.24, 2.45) is 0 Å². The van der Waals surface area contributed by atoms with Gasteiger partial charge in [0.1, 0.15) is 0 Å². The van der Waals surface area contributed by atoms with Gasteiger partial charge in [-0.25, -0.2) is 4.79 Å². The van der Waals surface area contributed by atoms with Crippen molar-refractivity contribution in [3.63, 3.8) is 0 Å². The fourth-order valence-electron chi connectivity index (χ4n) is 0.769. The van der Waals surface area contributed by atoms with E-state index in [1.165, 1.54) is 11.3 Å². The molecule has 3 heteroatoms. The van der Waals surface area contributed by atoms with Crippen LogP contribution in [0.1, 0.15) is 11.8 Å². The lowest BCUT2D eigenvalue weighted by Gasteiger charge is -2.01. The molecule has 64 valence electrons. The summed E-state index contributed by atoms with van der Waals surface area (Å²) in [5, 5.41) is 1.90. The lowest BCUT2D eigenvalue weighted by molar-refractivity contribution is -0.136. The Kier molecular flexibility index (Phi) is 3.05. The maximum atomic E-state index is 11.1. The van der Waals surface area contributed by atoms with Gasteiger partial charge in [-0.3, -0.25) is 0 Å². The maximum Gasteiger partial charge on any atom is 0.338 e. The maximum absolute atomic E-state index is 11.1. The molecule has 12 heavy (non-hydrogen) atoms. The van der Waals surface area contributed by atoms with Crippen molar-refractivity contribution in [3.8, 4) is 0 Å². The molecule has 0 aliphatic rings. The molecule has 2 nitrogen and oxygen atoms in total. The Balaban J connectivity index is 2.66. The van der Waals surface area contributed by atoms with Gasteiger partial charge in [-0.15, -0.1) is 11.3 Å². The summed E-state index contributed by atoms with van der Waals surface area (Å²) in [6, 6.07) is 3.73. The van der Waals surface area contributed by atoms with Crippen LogP contribution in [-0.2, 0) is 9.53 Å². The van der Waals surface area contributed by atoms with Crippen molar-refractivity contribution < 1.29 is 9.53 Å². The number of ether oxygens (including phenoxy) is 1. The topological polar surface area (TPSA) is 26.3 Å². The summed E-state index contributed by atoms with van der Waals surface area (Å²) in [7, 11) is 0. The van der Waals surface area contributed by atoms with E-state index >= 15 is 0 Å². The van der Waals surface area contributed by atoms with Crippen molar-refractivity contribution in [3.05, 3.63) is 29.0 Å². The Hall–Kier alpha value is -1.09. The van der Waals surface area contributed by atoms with Crippen LogP contribution in [0, 0.1) is 0 Å². The Labute approximate surface area is 75.5 Å². The number of carbonyl (C=O) groups is 1. The number of hydrogen-bond donors (Lipinski definition) is 0. The van der Waals surface area contributed by atoms with Crippen LogP contribution in [0.4, 0.5) is 0 Å². The first-order valence-corrected chi connectivity index (χ1v) is 4.53. The summed E-state index contributed by atoms with van der Waals surface area (Å²) in [5.74, 6) is -0.333. The van der Waals surface area contributed by atoms with Crippen LogP contribution in [0.5, 0.6) is 0 Å². The molecule has 1 heterocycles. The highest BCUT2D eigenvalue weighted by Crippen LogP contribution is 2.19. The number of carbonyl (C=O) groups excluding carboxylic acids is 1. The van der Waals surface area contributed by atoms with Gasteiger partial charge in [0.05, 0.1) is 12.2 Å². The van der Waals surface area contributed by atoms with Gasteiger partial charge in [-0.2, -0.15) is 0 Å². The third kappa shape index (κ3) is 1.95. The number of esters is 1. The minimum absolute atomic E-state index is 0.333. The van der Waals surface area contributed by atoms with E-state index < -0.39 is 0 Å². The molecule has 0 saturated carbocycles. The Morgan fingerprint density at radius 3 is 3.00 bits per heavy atom. The summed E-state index contributed by atoms with van der Waals surface area (Å²) in [4.78, 5) is 12.0. The summed E-state index contributed by atoms with van der Waals surface area (Å²) >= 11 is 1.48. The molecule has 0 saturated heterocycles. The van der Waals surface area contributed by atoms with Crippen LogP contribution in [0.15, 0.2) is 24.1 Å². The monoisotopic (exact) mass is 182 g/mol. The largest absolute Gasteiger partial charge is 0.462 e. The molecule has 0 radical (unpaired) electrons. The molecule has 1 aromatic rings. The number of hydrogen-bond acceptors (Lipinski definition) is 3. The molecule has 0 atom stereocenters. The summed E-state index contributed by atoms with van der Waals surface area (Å²) < 4.78 is 4.80. The quantitative estimate of drug-likeness (QED) is 0.529. The van der Waals surface area contributed by atoms with E-state index in [4.69, 9.17) is 4.74 Å². The van der Waals surface area contributed by atoms with Gasteiger partial charge in [0.25, 0.3) is 0 Å². The predicted molar refractivity (Wildman–Crippen MR) is 50.0 cm³/mol. The van der Waals surface area contributed by atoms with E-state index in [1.807, 2.05) is 17.5 Å². The lowest BCUT2D eigenvalue weighted by Crippen LogP contribution is -2.04. The highest BCUT2D eigenvalue weighted by molar-refractivity contribution is 7.11. The molecule has 0 unspecified atom stereocenters. The third-order valence-electron chi connectivity index (χ3n) is 1.34. The van der Waals surface area contributed by atoms with Crippen LogP contribution in [0.2, 0.25) is 0 Å². The predicted octanol–water partition coefficient (Wildman–Crippen LogP) is 2.32. The zero-order valence-corrected chi connectivity index (χ0v) is 7.69. The molecule has 1 aromatic heterocycles. The molecule has 1 rings (SSSR count). The van der Waals surface area contributed by atoms with E-state index in [-0.39, 0.29) is 5.97 Å². The fraction of sp³-hybridized carbons (Fsp3) is 0.222. The highest BCUT2D eigenvalue weighted by atomic mass is 32.1. The second-order valence-corrected chi connectivity index (χ2v) is 3.12. The van der Waals surface area contributed by atoms with Gasteiger partial charge >= 0.3 is 5.97 Å². The van der Waals surface area contributed by atoms with Crippen molar-refractivity contribution >= 4 is 22.9 Å². The van der Waals surface area contributed by atoms with Gasteiger partial charge in [0.2, 0.25) is 0 Å². The van der Waals surface area contributed by atoms with Gasteiger partial charge in [-0.1, -0.05) is 12.6 Å². The van der Waals surface area contributed by atoms with Crippen LogP contribution in [-0.4, -0.2) is 12.6 Å². The molecule has 0 aliphatic carbocycles. The summed E-state index contributed by atoms with van der Waals surface area (Å²) in [5.41, 5.74) is 0.437. The standard InChI is InChI=1S/C9H10O2S/c1-3-11-9(10)7(2)8-5-4-6-12-8/h4-6H,2-3H2,1H3. The van der Waals surface area contributed by atoms with E-state index in [1.54, 1.807) is 6.92 Å². The van der Waals surface area contributed by atoms with E-state index in [0.717, 1.165) is 4.88 Å². The summed E-state index contributed by atoms with van der Waals surface area (Å²) in [6.07, 6.45) is 0. The molecular formula is C9H10O2S. The van der Waals surface area contributed by atoms with E-state index in [2.05, 4.69) is 6.58 Å². The molecular weight excluding hydrogens is 172 g/mol. The normalized spacial score (nSPS) is 9.42. The Bertz CT molecular complexity index is 275. The number of rotatable bonds is 3. The molecule has 0 aromatic carbocycles. The average Bonchev–Trinajstić information content (AvgIpc) is 2.55. The van der Waals surface area contributed by atoms with Crippen molar-refractivity contribution in [2.45, 2.75) is 6.92 Å². The average molecular weight is 182 g/mol. The fourth-order valence-corrected chi connectivity index (χ4v) is 1.46. The van der Waals surface area contributed by atoms with Gasteiger partial charge in [0.15, 0.2) is 0 Å². The first-order chi connectivity index (χ1) is 5.75. The molecule has 0 aliphatic heterocycles. The Morgan fingerprint density at radius 2 is 2.50 bits per heavy atom. The van der Waals surface area contributed by atoms with Crippen molar-refractivity contribution in [1.29, 1.82) is 0 Å². The highest BCUT2D eigenvalue weighted by Gasteiger charge is 2.10. The van der Waals surface area contributed by atoms with E-state index in [9.17, 15) is 4.79 Å². The molecule has 0 spiro atoms. The second-order valence-electron chi connectivity index (χ2n) is 2.18. The zero-order valence-electron chi connectivity index (χ0n) is 6.87. The SMILES string of the molecule is C=C(C(=O)OCC)c1cccs1. The van der Waals surface area contributed by atoms with Crippen LogP contribution < -0.4 is 0 Å². The minimum Gasteiger partial charge on any atom is -0.462 e. The lowest BCUT2D eigenvalue weighted by atomic mass is 10.2. The minimum atomic E-state index is -0.333. The van der Waals surface area contributed by atoms with Crippen molar-refractivity contribution in [1.82, 2.24) is 0 Å². The van der Waals surface area contributed by atoms with Crippen LogP contribution in [0.3, 0.4) is 0 Å². The van der Waals surface area contributed by atoms with Crippen LogP contribution in [0.25, 0.3) is 5.57 Å². The Morgan fingerprint density at radius 1 is 1.75 bits per heavy atom. The molecule has 0 amide bonds. The molecule has 0 bridgehead atoms. The number of thiophene rings is 1. The first-order valence-electron chi connectivity index (χ1n) is 3.65. The van der Waals surface area contributed by atoms with Crippen LogP contribution >= 0.6 is 11.3 Å². The van der Waals surface area contributed by atoms with Gasteiger partial charge in [-0.05, 0) is 18.4 Å². The van der Waals surface area contributed by atoms with Gasteiger partial charge < -0.3 is 4.74 Å². The summed E-state index contributed by atoms with van der Waals surface area (Å²) in [6.45, 7) is 5.82. The third-order valence-corrected chi connectivity index (χ3v) is 2.27. The molecule has 0 N–H and O–H groups in total. The van der Waals surface area contributed by atoms with Crippen molar-refractivity contribution in [2.75, 3.05) is 6.61 Å². The molecule has 0 fully saturated rings. The van der Waals surface area contributed by atoms with Gasteiger partial charge in [0, 0.05) is 4.88 Å². The first kappa shape index (κ1) is 9.00. The second kappa shape index (κ2) is 4.07.